The first-order valence-corrected chi connectivity index (χ1v) is 10.0. The van der Waals surface area contributed by atoms with Gasteiger partial charge in [0.15, 0.2) is 0 Å². The molecule has 9 heteroatoms. The first-order chi connectivity index (χ1) is 12.7. The van der Waals surface area contributed by atoms with Gasteiger partial charge < -0.3 is 10.6 Å². The van der Waals surface area contributed by atoms with E-state index in [0.29, 0.717) is 17.8 Å². The summed E-state index contributed by atoms with van der Waals surface area (Å²) in [5.74, 6) is -0.844. The number of carbonyl (C=O) groups is 2. The van der Waals surface area contributed by atoms with Gasteiger partial charge in [-0.1, -0.05) is 29.8 Å². The number of para-hydroxylation sites is 1. The number of carbonyl (C=O) groups excluding carboxylic acids is 2. The minimum absolute atomic E-state index is 0.0742. The Bertz CT molecular complexity index is 990. The third kappa shape index (κ3) is 5.83. The molecule has 27 heavy (non-hydrogen) atoms. The van der Waals surface area contributed by atoms with Crippen LogP contribution in [0.3, 0.4) is 0 Å². The van der Waals surface area contributed by atoms with Crippen molar-refractivity contribution in [3.05, 3.63) is 71.3 Å². The molecular weight excluding hydrogens is 390 g/mol. The quantitative estimate of drug-likeness (QED) is 0.614. The van der Waals surface area contributed by atoms with Crippen molar-refractivity contribution in [1.29, 1.82) is 0 Å². The summed E-state index contributed by atoms with van der Waals surface area (Å²) >= 11 is 6.04. The molecule has 0 unspecified atom stereocenters. The zero-order valence-electron chi connectivity index (χ0n) is 14.5. The van der Waals surface area contributed by atoms with E-state index < -0.39 is 15.9 Å². The summed E-state index contributed by atoms with van der Waals surface area (Å²) in [6.45, 7) is 3.83. The Morgan fingerprint density at radius 1 is 1.11 bits per heavy atom. The standard InChI is InChI=1S/C18H18ClN3O4S/c1-3-10-20-18(24)13-6-4-5-7-15(13)21-17(23)12-8-9-16(14(19)11-12)22-27(2,25)26/h3-9,11,22H,1,10H2,2H3,(H,20,24)(H,21,23). The average molecular weight is 408 g/mol. The van der Waals surface area contributed by atoms with Crippen LogP contribution < -0.4 is 15.4 Å². The van der Waals surface area contributed by atoms with E-state index in [1.165, 1.54) is 18.2 Å². The third-order valence-corrected chi connectivity index (χ3v) is 4.26. The number of rotatable bonds is 7. The van der Waals surface area contributed by atoms with Gasteiger partial charge in [-0.3, -0.25) is 14.3 Å². The number of anilines is 2. The molecule has 0 atom stereocenters. The zero-order chi connectivity index (χ0) is 20.0. The van der Waals surface area contributed by atoms with Gasteiger partial charge in [0.1, 0.15) is 0 Å². The highest BCUT2D eigenvalue weighted by Gasteiger charge is 2.15. The molecule has 2 aromatic rings. The summed E-state index contributed by atoms with van der Waals surface area (Å²) in [5.41, 5.74) is 1.01. The number of halogens is 1. The van der Waals surface area contributed by atoms with Gasteiger partial charge in [-0.25, -0.2) is 8.42 Å². The van der Waals surface area contributed by atoms with Crippen LogP contribution in [-0.4, -0.2) is 33.0 Å². The highest BCUT2D eigenvalue weighted by molar-refractivity contribution is 7.92. The van der Waals surface area contributed by atoms with Gasteiger partial charge in [-0.05, 0) is 30.3 Å². The molecule has 0 fully saturated rings. The van der Waals surface area contributed by atoms with E-state index in [1.807, 2.05) is 0 Å². The van der Waals surface area contributed by atoms with Gasteiger partial charge in [-0.2, -0.15) is 0 Å². The van der Waals surface area contributed by atoms with Crippen molar-refractivity contribution < 1.29 is 18.0 Å². The largest absolute Gasteiger partial charge is 0.349 e. The third-order valence-electron chi connectivity index (χ3n) is 3.35. The number of hydrogen-bond donors (Lipinski definition) is 3. The predicted octanol–water partition coefficient (Wildman–Crippen LogP) is 2.88. The summed E-state index contributed by atoms with van der Waals surface area (Å²) in [5, 5.41) is 5.38. The maximum Gasteiger partial charge on any atom is 0.255 e. The lowest BCUT2D eigenvalue weighted by molar-refractivity contribution is 0.0959. The van der Waals surface area contributed by atoms with Crippen LogP contribution in [0.5, 0.6) is 0 Å². The number of benzene rings is 2. The van der Waals surface area contributed by atoms with Crippen LogP contribution in [0.1, 0.15) is 20.7 Å². The second-order valence-electron chi connectivity index (χ2n) is 5.57. The van der Waals surface area contributed by atoms with E-state index in [-0.39, 0.29) is 22.2 Å². The minimum atomic E-state index is -3.49. The van der Waals surface area contributed by atoms with E-state index in [0.717, 1.165) is 6.26 Å². The Kier molecular flexibility index (Phi) is 6.59. The van der Waals surface area contributed by atoms with Crippen LogP contribution >= 0.6 is 11.6 Å². The Morgan fingerprint density at radius 3 is 2.44 bits per heavy atom. The van der Waals surface area contributed by atoms with Gasteiger partial charge in [-0.15, -0.1) is 6.58 Å². The molecule has 0 aromatic heterocycles. The maximum absolute atomic E-state index is 12.5. The average Bonchev–Trinajstić information content (AvgIpc) is 2.60. The predicted molar refractivity (Wildman–Crippen MR) is 107 cm³/mol. The maximum atomic E-state index is 12.5. The summed E-state index contributed by atoms with van der Waals surface area (Å²) in [4.78, 5) is 24.7. The van der Waals surface area contributed by atoms with Crippen LogP contribution in [0.15, 0.2) is 55.1 Å². The van der Waals surface area contributed by atoms with Crippen molar-refractivity contribution in [2.24, 2.45) is 0 Å². The molecule has 7 nitrogen and oxygen atoms in total. The highest BCUT2D eigenvalue weighted by Crippen LogP contribution is 2.25. The van der Waals surface area contributed by atoms with Crippen molar-refractivity contribution in [3.8, 4) is 0 Å². The first-order valence-electron chi connectivity index (χ1n) is 7.78. The Labute approximate surface area is 162 Å². The highest BCUT2D eigenvalue weighted by atomic mass is 35.5. The minimum Gasteiger partial charge on any atom is -0.349 e. The first kappa shape index (κ1) is 20.5. The molecule has 0 aliphatic rings. The number of nitrogens with one attached hydrogen (secondary N) is 3. The van der Waals surface area contributed by atoms with Crippen LogP contribution in [0.2, 0.25) is 5.02 Å². The van der Waals surface area contributed by atoms with E-state index in [4.69, 9.17) is 11.6 Å². The van der Waals surface area contributed by atoms with Gasteiger partial charge >= 0.3 is 0 Å². The molecule has 2 amide bonds. The van der Waals surface area contributed by atoms with Crippen molar-refractivity contribution >= 4 is 44.8 Å². The molecular formula is C18H18ClN3O4S. The smallest absolute Gasteiger partial charge is 0.255 e. The van der Waals surface area contributed by atoms with Gasteiger partial charge in [0, 0.05) is 12.1 Å². The SMILES string of the molecule is C=CCNC(=O)c1ccccc1NC(=O)c1ccc(NS(C)(=O)=O)c(Cl)c1. The molecule has 0 saturated carbocycles. The normalized spacial score (nSPS) is 10.7. The molecule has 0 radical (unpaired) electrons. The lowest BCUT2D eigenvalue weighted by atomic mass is 10.1. The topological polar surface area (TPSA) is 104 Å². The lowest BCUT2D eigenvalue weighted by Crippen LogP contribution is -2.25. The van der Waals surface area contributed by atoms with Crippen LogP contribution in [-0.2, 0) is 10.0 Å². The molecule has 0 saturated heterocycles. The molecule has 142 valence electrons. The number of sulfonamides is 1. The fraction of sp³-hybridized carbons (Fsp3) is 0.111. The Balaban J connectivity index is 2.22. The van der Waals surface area contributed by atoms with Crippen LogP contribution in [0.25, 0.3) is 0 Å². The molecule has 0 spiro atoms. The van der Waals surface area contributed by atoms with Crippen molar-refractivity contribution in [2.45, 2.75) is 0 Å². The summed E-state index contributed by atoms with van der Waals surface area (Å²) in [7, 11) is -3.49. The summed E-state index contributed by atoms with van der Waals surface area (Å²) in [6.07, 6.45) is 2.55. The van der Waals surface area contributed by atoms with Crippen molar-refractivity contribution in [1.82, 2.24) is 5.32 Å². The van der Waals surface area contributed by atoms with E-state index in [2.05, 4.69) is 21.9 Å². The molecule has 3 N–H and O–H groups in total. The number of hydrogen-bond acceptors (Lipinski definition) is 4. The molecule has 0 aliphatic heterocycles. The zero-order valence-corrected chi connectivity index (χ0v) is 16.0. The monoisotopic (exact) mass is 407 g/mol. The fourth-order valence-electron chi connectivity index (χ4n) is 2.18. The van der Waals surface area contributed by atoms with Gasteiger partial charge in [0.2, 0.25) is 10.0 Å². The van der Waals surface area contributed by atoms with E-state index in [1.54, 1.807) is 30.3 Å². The summed E-state index contributed by atoms with van der Waals surface area (Å²) in [6, 6.07) is 10.7. The van der Waals surface area contributed by atoms with Gasteiger partial charge in [0.05, 0.1) is 28.2 Å². The molecule has 2 rings (SSSR count). The second-order valence-corrected chi connectivity index (χ2v) is 7.72. The fourth-order valence-corrected chi connectivity index (χ4v) is 3.04. The van der Waals surface area contributed by atoms with Crippen LogP contribution in [0, 0.1) is 0 Å². The molecule has 0 aliphatic carbocycles. The molecule has 0 heterocycles. The van der Waals surface area contributed by atoms with Gasteiger partial charge in [0.25, 0.3) is 11.8 Å². The molecule has 2 aromatic carbocycles. The Hall–Kier alpha value is -2.84. The molecule has 0 bridgehead atoms. The lowest BCUT2D eigenvalue weighted by Gasteiger charge is -2.12. The van der Waals surface area contributed by atoms with E-state index in [9.17, 15) is 18.0 Å². The summed E-state index contributed by atoms with van der Waals surface area (Å²) < 4.78 is 24.8. The van der Waals surface area contributed by atoms with Crippen LogP contribution in [0.4, 0.5) is 11.4 Å². The Morgan fingerprint density at radius 2 is 1.81 bits per heavy atom. The van der Waals surface area contributed by atoms with Crippen molar-refractivity contribution in [2.75, 3.05) is 22.8 Å². The van der Waals surface area contributed by atoms with Crippen molar-refractivity contribution in [3.63, 3.8) is 0 Å². The second kappa shape index (κ2) is 8.70. The van der Waals surface area contributed by atoms with E-state index >= 15 is 0 Å². The number of amides is 2.